The van der Waals surface area contributed by atoms with Crippen LogP contribution in [-0.2, 0) is 6.54 Å². The first-order valence-electron chi connectivity index (χ1n) is 7.44. The molecule has 0 bridgehead atoms. The summed E-state index contributed by atoms with van der Waals surface area (Å²) in [6.45, 7) is 0.0832. The van der Waals surface area contributed by atoms with E-state index in [1.54, 1.807) is 18.2 Å². The lowest BCUT2D eigenvalue weighted by molar-refractivity contribution is 0.420. The fraction of sp³-hybridized carbons (Fsp3) is 0.0588. The van der Waals surface area contributed by atoms with Crippen LogP contribution < -0.4 is 5.56 Å². The van der Waals surface area contributed by atoms with Gasteiger partial charge in [-0.15, -0.1) is 0 Å². The van der Waals surface area contributed by atoms with Crippen LogP contribution in [0.2, 0.25) is 15.1 Å². The van der Waals surface area contributed by atoms with Crippen molar-refractivity contribution in [2.45, 2.75) is 6.54 Å². The molecule has 26 heavy (non-hydrogen) atoms. The zero-order chi connectivity index (χ0) is 18.3. The van der Waals surface area contributed by atoms with Gasteiger partial charge in [-0.25, -0.2) is 4.98 Å². The molecule has 0 unspecified atom stereocenters. The molecule has 2 heterocycles. The van der Waals surface area contributed by atoms with Gasteiger partial charge < -0.3 is 4.52 Å². The van der Waals surface area contributed by atoms with Crippen molar-refractivity contribution >= 4 is 45.7 Å². The van der Waals surface area contributed by atoms with Gasteiger partial charge in [-0.3, -0.25) is 9.36 Å². The second kappa shape index (κ2) is 6.72. The Balaban J connectivity index is 1.72. The van der Waals surface area contributed by atoms with Crippen molar-refractivity contribution in [3.8, 4) is 11.5 Å². The van der Waals surface area contributed by atoms with Gasteiger partial charge in [0.1, 0.15) is 0 Å². The SMILES string of the molecule is O=c1c2cc(Cl)cc(Cl)c2ncn1Cc1noc(-c2ccccc2Cl)n1. The molecule has 0 amide bonds. The molecule has 130 valence electrons. The van der Waals surface area contributed by atoms with Crippen LogP contribution in [0.15, 0.2) is 52.0 Å². The van der Waals surface area contributed by atoms with E-state index in [1.807, 2.05) is 6.07 Å². The molecule has 9 heteroatoms. The fourth-order valence-electron chi connectivity index (χ4n) is 2.52. The molecule has 0 radical (unpaired) electrons. The second-order valence-electron chi connectivity index (χ2n) is 5.46. The Hall–Kier alpha value is -2.41. The highest BCUT2D eigenvalue weighted by molar-refractivity contribution is 6.38. The molecule has 4 rings (SSSR count). The van der Waals surface area contributed by atoms with Crippen LogP contribution in [-0.4, -0.2) is 19.7 Å². The van der Waals surface area contributed by atoms with Gasteiger partial charge in [0, 0.05) is 5.02 Å². The maximum Gasteiger partial charge on any atom is 0.261 e. The van der Waals surface area contributed by atoms with E-state index in [1.165, 1.54) is 23.0 Å². The number of fused-ring (bicyclic) bond motifs is 1. The molecular formula is C17H9Cl3N4O2. The predicted molar refractivity (Wildman–Crippen MR) is 99.9 cm³/mol. The van der Waals surface area contributed by atoms with Crippen LogP contribution in [0.1, 0.15) is 5.82 Å². The van der Waals surface area contributed by atoms with E-state index in [0.717, 1.165) is 0 Å². The Morgan fingerprint density at radius 1 is 1.08 bits per heavy atom. The molecule has 2 aromatic carbocycles. The van der Waals surface area contributed by atoms with Crippen molar-refractivity contribution in [1.29, 1.82) is 0 Å². The molecule has 2 aromatic heterocycles. The maximum atomic E-state index is 12.7. The second-order valence-corrected chi connectivity index (χ2v) is 6.71. The van der Waals surface area contributed by atoms with Crippen LogP contribution in [0, 0.1) is 0 Å². The lowest BCUT2D eigenvalue weighted by atomic mass is 10.2. The largest absolute Gasteiger partial charge is 0.334 e. The van der Waals surface area contributed by atoms with Gasteiger partial charge >= 0.3 is 0 Å². The number of hydrogen-bond donors (Lipinski definition) is 0. The standard InChI is InChI=1S/C17H9Cl3N4O2/c18-9-5-11-15(13(20)6-9)21-8-24(17(11)25)7-14-22-16(26-23-14)10-3-1-2-4-12(10)19/h1-6,8H,7H2. The van der Waals surface area contributed by atoms with Gasteiger partial charge in [0.2, 0.25) is 0 Å². The van der Waals surface area contributed by atoms with Crippen molar-refractivity contribution < 1.29 is 4.52 Å². The van der Waals surface area contributed by atoms with E-state index in [9.17, 15) is 4.79 Å². The fourth-order valence-corrected chi connectivity index (χ4v) is 3.28. The number of benzene rings is 2. The van der Waals surface area contributed by atoms with Gasteiger partial charge in [-0.05, 0) is 24.3 Å². The summed E-state index contributed by atoms with van der Waals surface area (Å²) in [5.74, 6) is 0.592. The van der Waals surface area contributed by atoms with E-state index >= 15 is 0 Å². The molecule has 0 saturated heterocycles. The van der Waals surface area contributed by atoms with Crippen LogP contribution in [0.25, 0.3) is 22.4 Å². The zero-order valence-electron chi connectivity index (χ0n) is 13.0. The molecule has 0 N–H and O–H groups in total. The topological polar surface area (TPSA) is 73.8 Å². The van der Waals surface area contributed by atoms with Gasteiger partial charge in [-0.1, -0.05) is 52.1 Å². The van der Waals surface area contributed by atoms with Gasteiger partial charge in [0.05, 0.1) is 39.4 Å². The van der Waals surface area contributed by atoms with Crippen molar-refractivity contribution in [3.63, 3.8) is 0 Å². The Kier molecular flexibility index (Phi) is 4.40. The molecule has 0 aliphatic carbocycles. The maximum absolute atomic E-state index is 12.7. The Bertz CT molecular complexity index is 1190. The highest BCUT2D eigenvalue weighted by Crippen LogP contribution is 2.26. The highest BCUT2D eigenvalue weighted by atomic mass is 35.5. The summed E-state index contributed by atoms with van der Waals surface area (Å²) in [5, 5.41) is 5.39. The number of aromatic nitrogens is 4. The van der Waals surface area contributed by atoms with Crippen LogP contribution in [0.3, 0.4) is 0 Å². The lowest BCUT2D eigenvalue weighted by Gasteiger charge is -2.05. The van der Waals surface area contributed by atoms with Crippen LogP contribution in [0.4, 0.5) is 0 Å². The molecule has 0 saturated carbocycles. The van der Waals surface area contributed by atoms with Crippen molar-refractivity contribution in [3.05, 3.63) is 74.0 Å². The number of hydrogen-bond acceptors (Lipinski definition) is 5. The molecule has 6 nitrogen and oxygen atoms in total. The van der Waals surface area contributed by atoms with E-state index in [2.05, 4.69) is 15.1 Å². The summed E-state index contributed by atoms with van der Waals surface area (Å²) >= 11 is 18.2. The summed E-state index contributed by atoms with van der Waals surface area (Å²) in [6.07, 6.45) is 1.38. The third-order valence-electron chi connectivity index (χ3n) is 3.73. The zero-order valence-corrected chi connectivity index (χ0v) is 15.3. The Labute approximate surface area is 161 Å². The smallest absolute Gasteiger partial charge is 0.261 e. The van der Waals surface area contributed by atoms with E-state index < -0.39 is 0 Å². The van der Waals surface area contributed by atoms with Crippen molar-refractivity contribution in [2.24, 2.45) is 0 Å². The lowest BCUT2D eigenvalue weighted by Crippen LogP contribution is -2.21. The molecule has 0 aliphatic rings. The molecule has 0 atom stereocenters. The highest BCUT2D eigenvalue weighted by Gasteiger charge is 2.14. The average Bonchev–Trinajstić information content (AvgIpc) is 3.06. The first-order valence-corrected chi connectivity index (χ1v) is 8.58. The molecule has 0 fully saturated rings. The van der Waals surface area contributed by atoms with Crippen LogP contribution in [0.5, 0.6) is 0 Å². The number of rotatable bonds is 3. The first-order chi connectivity index (χ1) is 12.5. The first kappa shape index (κ1) is 17.0. The summed E-state index contributed by atoms with van der Waals surface area (Å²) in [6, 6.07) is 10.2. The summed E-state index contributed by atoms with van der Waals surface area (Å²) in [4.78, 5) is 21.2. The molecule has 0 spiro atoms. The minimum absolute atomic E-state index is 0.0832. The van der Waals surface area contributed by atoms with Crippen LogP contribution >= 0.6 is 34.8 Å². The summed E-state index contributed by atoms with van der Waals surface area (Å²) < 4.78 is 6.60. The van der Waals surface area contributed by atoms with E-state index in [0.29, 0.717) is 37.4 Å². The molecule has 0 aliphatic heterocycles. The monoisotopic (exact) mass is 406 g/mol. The predicted octanol–water partition coefficient (Wildman–Crippen LogP) is 4.46. The quantitative estimate of drug-likeness (QED) is 0.501. The van der Waals surface area contributed by atoms with Gasteiger partial charge in [0.15, 0.2) is 5.82 Å². The minimum Gasteiger partial charge on any atom is -0.334 e. The molecular weight excluding hydrogens is 399 g/mol. The minimum atomic E-state index is -0.302. The third-order valence-corrected chi connectivity index (χ3v) is 4.57. The average molecular weight is 408 g/mol. The Morgan fingerprint density at radius 2 is 1.88 bits per heavy atom. The van der Waals surface area contributed by atoms with Crippen molar-refractivity contribution in [2.75, 3.05) is 0 Å². The van der Waals surface area contributed by atoms with Crippen molar-refractivity contribution in [1.82, 2.24) is 19.7 Å². The number of nitrogens with zero attached hydrogens (tertiary/aromatic N) is 4. The van der Waals surface area contributed by atoms with E-state index in [-0.39, 0.29) is 18.0 Å². The normalized spacial score (nSPS) is 11.2. The summed E-state index contributed by atoms with van der Waals surface area (Å²) in [5.41, 5.74) is 0.709. The third kappa shape index (κ3) is 3.07. The van der Waals surface area contributed by atoms with Gasteiger partial charge in [0.25, 0.3) is 11.4 Å². The van der Waals surface area contributed by atoms with Gasteiger partial charge in [-0.2, -0.15) is 4.98 Å². The van der Waals surface area contributed by atoms with E-state index in [4.69, 9.17) is 39.3 Å². The summed E-state index contributed by atoms with van der Waals surface area (Å²) in [7, 11) is 0. The Morgan fingerprint density at radius 3 is 2.69 bits per heavy atom. The molecule has 4 aromatic rings. The number of halogens is 3.